The quantitative estimate of drug-likeness (QED) is 0.268. The van der Waals surface area contributed by atoms with Gasteiger partial charge in [0.25, 0.3) is 0 Å². The molecule has 0 aromatic heterocycles. The van der Waals surface area contributed by atoms with Crippen molar-refractivity contribution < 1.29 is 31.6 Å². The SMILES string of the molecule is COc1ccc(S(=O)(=O)Oc2c(Cl)cc(C=C3N=C(c4ccccc4)OC3=O)cc2OC)cc1. The lowest BCUT2D eigenvalue weighted by molar-refractivity contribution is -0.129. The molecule has 3 aromatic rings. The van der Waals surface area contributed by atoms with Crippen LogP contribution in [0.5, 0.6) is 17.2 Å². The van der Waals surface area contributed by atoms with E-state index in [1.54, 1.807) is 24.3 Å². The molecule has 1 aliphatic heterocycles. The van der Waals surface area contributed by atoms with Gasteiger partial charge in [0, 0.05) is 5.56 Å². The minimum absolute atomic E-state index is 0.0399. The van der Waals surface area contributed by atoms with E-state index in [1.807, 2.05) is 6.07 Å². The van der Waals surface area contributed by atoms with Crippen molar-refractivity contribution in [1.29, 1.82) is 0 Å². The summed E-state index contributed by atoms with van der Waals surface area (Å²) in [6.45, 7) is 0. The first-order chi connectivity index (χ1) is 16.3. The summed E-state index contributed by atoms with van der Waals surface area (Å²) in [5.41, 5.74) is 1.14. The molecule has 0 saturated heterocycles. The van der Waals surface area contributed by atoms with Crippen LogP contribution in [0.4, 0.5) is 0 Å². The van der Waals surface area contributed by atoms with E-state index in [0.29, 0.717) is 16.9 Å². The summed E-state index contributed by atoms with van der Waals surface area (Å²) >= 11 is 6.33. The Hall–Kier alpha value is -3.82. The number of methoxy groups -OCH3 is 2. The molecule has 0 radical (unpaired) electrons. The van der Waals surface area contributed by atoms with Crippen molar-refractivity contribution in [3.63, 3.8) is 0 Å². The van der Waals surface area contributed by atoms with E-state index in [2.05, 4.69) is 4.99 Å². The summed E-state index contributed by atoms with van der Waals surface area (Å²) in [5.74, 6) is -0.0908. The zero-order chi connectivity index (χ0) is 24.3. The fraction of sp³-hybridized carbons (Fsp3) is 0.0833. The van der Waals surface area contributed by atoms with Gasteiger partial charge in [0.05, 0.1) is 19.2 Å². The number of esters is 1. The highest BCUT2D eigenvalue weighted by molar-refractivity contribution is 7.87. The van der Waals surface area contributed by atoms with Gasteiger partial charge in [0.1, 0.15) is 10.6 Å². The van der Waals surface area contributed by atoms with Crippen LogP contribution in [-0.4, -0.2) is 34.5 Å². The summed E-state index contributed by atoms with van der Waals surface area (Å²) < 4.78 is 46.3. The number of rotatable bonds is 7. The third kappa shape index (κ3) is 4.90. The number of nitrogens with zero attached hydrogens (tertiary/aromatic N) is 1. The van der Waals surface area contributed by atoms with Crippen LogP contribution in [0.15, 0.2) is 82.3 Å². The van der Waals surface area contributed by atoms with Gasteiger partial charge in [-0.1, -0.05) is 29.8 Å². The second kappa shape index (κ2) is 9.58. The molecule has 0 bridgehead atoms. The summed E-state index contributed by atoms with van der Waals surface area (Å²) in [6.07, 6.45) is 1.45. The molecule has 4 rings (SSSR count). The Kier molecular flexibility index (Phi) is 6.58. The van der Waals surface area contributed by atoms with Gasteiger partial charge in [0.2, 0.25) is 11.6 Å². The highest BCUT2D eigenvalue weighted by atomic mass is 35.5. The molecule has 34 heavy (non-hydrogen) atoms. The average Bonchev–Trinajstić information content (AvgIpc) is 3.21. The van der Waals surface area contributed by atoms with E-state index in [1.165, 1.54) is 56.7 Å². The minimum atomic E-state index is -4.21. The van der Waals surface area contributed by atoms with E-state index >= 15 is 0 Å². The molecule has 174 valence electrons. The second-order valence-electron chi connectivity index (χ2n) is 6.95. The van der Waals surface area contributed by atoms with Gasteiger partial charge in [-0.05, 0) is 60.2 Å². The summed E-state index contributed by atoms with van der Waals surface area (Å²) in [5, 5.41) is -0.0399. The smallest absolute Gasteiger partial charge is 0.363 e. The first-order valence-electron chi connectivity index (χ1n) is 9.85. The van der Waals surface area contributed by atoms with Crippen LogP contribution in [0.1, 0.15) is 11.1 Å². The number of carbonyl (C=O) groups excluding carboxylic acids is 1. The lowest BCUT2D eigenvalue weighted by Gasteiger charge is -2.13. The highest BCUT2D eigenvalue weighted by Gasteiger charge is 2.25. The van der Waals surface area contributed by atoms with Crippen molar-refractivity contribution >= 4 is 39.7 Å². The van der Waals surface area contributed by atoms with E-state index < -0.39 is 16.1 Å². The van der Waals surface area contributed by atoms with Crippen molar-refractivity contribution in [3.8, 4) is 17.2 Å². The maximum absolute atomic E-state index is 12.7. The summed E-state index contributed by atoms with van der Waals surface area (Å²) in [4.78, 5) is 16.4. The van der Waals surface area contributed by atoms with Gasteiger partial charge in [0.15, 0.2) is 11.4 Å². The van der Waals surface area contributed by atoms with Crippen LogP contribution in [0, 0.1) is 0 Å². The Morgan fingerprint density at radius 3 is 2.32 bits per heavy atom. The molecular formula is C24H18ClNO7S. The molecule has 0 atom stereocenters. The number of halogens is 1. The van der Waals surface area contributed by atoms with Crippen LogP contribution in [0.25, 0.3) is 6.08 Å². The maximum atomic E-state index is 12.7. The van der Waals surface area contributed by atoms with Crippen molar-refractivity contribution in [2.45, 2.75) is 4.90 Å². The molecule has 1 heterocycles. The summed E-state index contributed by atoms with van der Waals surface area (Å²) in [6, 6.07) is 17.6. The van der Waals surface area contributed by atoms with Gasteiger partial charge in [-0.15, -0.1) is 0 Å². The molecule has 10 heteroatoms. The van der Waals surface area contributed by atoms with Gasteiger partial charge in [-0.3, -0.25) is 0 Å². The number of ether oxygens (including phenoxy) is 3. The molecule has 0 spiro atoms. The molecule has 0 fully saturated rings. The predicted octanol–water partition coefficient (Wildman–Crippen LogP) is 4.47. The molecule has 0 N–H and O–H groups in total. The fourth-order valence-electron chi connectivity index (χ4n) is 3.08. The van der Waals surface area contributed by atoms with Gasteiger partial charge < -0.3 is 18.4 Å². The average molecular weight is 500 g/mol. The molecule has 3 aromatic carbocycles. The monoisotopic (exact) mass is 499 g/mol. The van der Waals surface area contributed by atoms with Crippen molar-refractivity contribution in [2.24, 2.45) is 4.99 Å². The van der Waals surface area contributed by atoms with Crippen LogP contribution in [0.2, 0.25) is 5.02 Å². The lowest BCUT2D eigenvalue weighted by atomic mass is 10.1. The van der Waals surface area contributed by atoms with E-state index in [0.717, 1.165) is 0 Å². The molecule has 1 aliphatic rings. The number of hydrogen-bond donors (Lipinski definition) is 0. The zero-order valence-electron chi connectivity index (χ0n) is 18.0. The van der Waals surface area contributed by atoms with Gasteiger partial charge in [-0.25, -0.2) is 9.79 Å². The Labute approximate surface area is 201 Å². The molecule has 0 amide bonds. The van der Waals surface area contributed by atoms with Crippen LogP contribution < -0.4 is 13.7 Å². The number of aliphatic imine (C=N–C) groups is 1. The van der Waals surface area contributed by atoms with Crippen molar-refractivity contribution in [3.05, 3.63) is 88.6 Å². The second-order valence-corrected chi connectivity index (χ2v) is 8.90. The van der Waals surface area contributed by atoms with Gasteiger partial charge >= 0.3 is 16.1 Å². The molecule has 0 unspecified atom stereocenters. The molecule has 0 aliphatic carbocycles. The number of carbonyl (C=O) groups is 1. The van der Waals surface area contributed by atoms with E-state index in [9.17, 15) is 13.2 Å². The first-order valence-corrected chi connectivity index (χ1v) is 11.6. The van der Waals surface area contributed by atoms with Gasteiger partial charge in [-0.2, -0.15) is 8.42 Å². The number of cyclic esters (lactones) is 1. The molecular weight excluding hydrogens is 482 g/mol. The maximum Gasteiger partial charge on any atom is 0.363 e. The Balaban J connectivity index is 1.64. The van der Waals surface area contributed by atoms with Crippen LogP contribution in [0.3, 0.4) is 0 Å². The standard InChI is InChI=1S/C24H18ClNO7S/c1-30-17-8-10-18(11-9-17)34(28,29)33-22-19(25)12-15(14-21(22)31-2)13-20-24(27)32-23(26-20)16-6-4-3-5-7-16/h3-14H,1-2H3. The minimum Gasteiger partial charge on any atom is -0.497 e. The topological polar surface area (TPSA) is 100 Å². The number of benzene rings is 3. The Morgan fingerprint density at radius 1 is 0.971 bits per heavy atom. The van der Waals surface area contributed by atoms with E-state index in [4.69, 9.17) is 30.0 Å². The van der Waals surface area contributed by atoms with Crippen LogP contribution >= 0.6 is 11.6 Å². The predicted molar refractivity (Wildman–Crippen MR) is 126 cm³/mol. The normalized spacial score (nSPS) is 14.5. The molecule has 0 saturated carbocycles. The third-order valence-corrected chi connectivity index (χ3v) is 6.25. The van der Waals surface area contributed by atoms with Crippen molar-refractivity contribution in [2.75, 3.05) is 14.2 Å². The first kappa shape index (κ1) is 23.3. The van der Waals surface area contributed by atoms with E-state index in [-0.39, 0.29) is 33.0 Å². The molecule has 8 nitrogen and oxygen atoms in total. The lowest BCUT2D eigenvalue weighted by Crippen LogP contribution is -2.11. The largest absolute Gasteiger partial charge is 0.497 e. The fourth-order valence-corrected chi connectivity index (χ4v) is 4.34. The number of hydrogen-bond acceptors (Lipinski definition) is 8. The van der Waals surface area contributed by atoms with Crippen molar-refractivity contribution in [1.82, 2.24) is 0 Å². The summed E-state index contributed by atoms with van der Waals surface area (Å²) in [7, 11) is -1.40. The van der Waals surface area contributed by atoms with Crippen LogP contribution in [-0.2, 0) is 19.6 Å². The third-order valence-electron chi connectivity index (χ3n) is 4.74. The highest BCUT2D eigenvalue weighted by Crippen LogP contribution is 2.39. The Bertz CT molecular complexity index is 1400. The Morgan fingerprint density at radius 2 is 1.68 bits per heavy atom. The zero-order valence-corrected chi connectivity index (χ0v) is 19.6.